The van der Waals surface area contributed by atoms with E-state index < -0.39 is 0 Å². The monoisotopic (exact) mass is 253 g/mol. The first-order valence-corrected chi connectivity index (χ1v) is 7.01. The molecular weight excluding hydrogens is 234 g/mol. The van der Waals surface area contributed by atoms with Crippen molar-refractivity contribution in [1.29, 1.82) is 0 Å². The van der Waals surface area contributed by atoms with Crippen molar-refractivity contribution in [2.45, 2.75) is 38.6 Å². The summed E-state index contributed by atoms with van der Waals surface area (Å²) >= 11 is 1.39. The molecule has 5 heteroatoms. The number of amides is 1. The Morgan fingerprint density at radius 2 is 2.35 bits per heavy atom. The van der Waals surface area contributed by atoms with Crippen molar-refractivity contribution < 1.29 is 4.79 Å². The third-order valence-corrected chi connectivity index (χ3v) is 4.42. The van der Waals surface area contributed by atoms with E-state index >= 15 is 0 Å². The Labute approximate surface area is 106 Å². The zero-order valence-electron chi connectivity index (χ0n) is 10.1. The summed E-state index contributed by atoms with van der Waals surface area (Å²) in [5.74, 6) is 0.532. The van der Waals surface area contributed by atoms with Crippen molar-refractivity contribution in [3.05, 3.63) is 16.1 Å². The Hall–Kier alpha value is -0.940. The molecule has 0 spiro atoms. The maximum Gasteiger partial charge on any atom is 0.263 e. The van der Waals surface area contributed by atoms with Crippen LogP contribution in [0.25, 0.3) is 0 Å². The van der Waals surface area contributed by atoms with Crippen molar-refractivity contribution in [2.75, 3.05) is 6.54 Å². The van der Waals surface area contributed by atoms with Crippen LogP contribution >= 0.6 is 11.3 Å². The average molecular weight is 253 g/mol. The van der Waals surface area contributed by atoms with Crippen LogP contribution in [-0.4, -0.2) is 23.5 Å². The molecule has 4 nitrogen and oxygen atoms in total. The lowest BCUT2D eigenvalue weighted by atomic mass is 9.98. The van der Waals surface area contributed by atoms with Crippen molar-refractivity contribution >= 4 is 17.2 Å². The minimum absolute atomic E-state index is 0.0210. The highest BCUT2D eigenvalue weighted by molar-refractivity contribution is 7.11. The molecular formula is C12H19N3OS. The summed E-state index contributed by atoms with van der Waals surface area (Å²) in [5.41, 5.74) is 8.27. The van der Waals surface area contributed by atoms with E-state index in [1.165, 1.54) is 37.0 Å². The average Bonchev–Trinajstić information content (AvgIpc) is 2.96. The molecule has 1 atom stereocenters. The zero-order valence-corrected chi connectivity index (χ0v) is 10.9. The highest BCUT2D eigenvalue weighted by Gasteiger charge is 2.26. The Bertz CT molecular complexity index is 385. The van der Waals surface area contributed by atoms with Gasteiger partial charge in [0, 0.05) is 12.6 Å². The van der Waals surface area contributed by atoms with Gasteiger partial charge in [-0.05, 0) is 25.7 Å². The lowest BCUT2D eigenvalue weighted by Gasteiger charge is -2.22. The van der Waals surface area contributed by atoms with Gasteiger partial charge in [0.2, 0.25) is 0 Å². The van der Waals surface area contributed by atoms with Gasteiger partial charge in [0.05, 0.1) is 11.2 Å². The van der Waals surface area contributed by atoms with E-state index in [4.69, 9.17) is 5.73 Å². The van der Waals surface area contributed by atoms with Gasteiger partial charge in [-0.2, -0.15) is 0 Å². The number of aromatic nitrogens is 1. The second-order valence-corrected chi connectivity index (χ2v) is 5.48. The lowest BCUT2D eigenvalue weighted by Crippen LogP contribution is -2.44. The summed E-state index contributed by atoms with van der Waals surface area (Å²) in [6, 6.07) is 0.117. The van der Waals surface area contributed by atoms with Gasteiger partial charge in [0.25, 0.3) is 5.91 Å². The predicted molar refractivity (Wildman–Crippen MR) is 69.1 cm³/mol. The number of nitrogens with two attached hydrogens (primary N) is 1. The lowest BCUT2D eigenvalue weighted by molar-refractivity contribution is 0.0927. The number of nitrogens with one attached hydrogen (secondary N) is 1. The van der Waals surface area contributed by atoms with Crippen molar-refractivity contribution in [2.24, 2.45) is 11.7 Å². The van der Waals surface area contributed by atoms with E-state index in [0.29, 0.717) is 17.3 Å². The van der Waals surface area contributed by atoms with E-state index in [-0.39, 0.29) is 11.9 Å². The quantitative estimate of drug-likeness (QED) is 0.858. The Morgan fingerprint density at radius 1 is 1.65 bits per heavy atom. The van der Waals surface area contributed by atoms with Crippen LogP contribution in [0.5, 0.6) is 0 Å². The number of carbonyl (C=O) groups is 1. The van der Waals surface area contributed by atoms with Gasteiger partial charge in [-0.25, -0.2) is 4.98 Å². The van der Waals surface area contributed by atoms with Crippen LogP contribution in [0.2, 0.25) is 0 Å². The number of carbonyl (C=O) groups excluding carboxylic acids is 1. The fraction of sp³-hybridized carbons (Fsp3) is 0.667. The van der Waals surface area contributed by atoms with E-state index in [0.717, 1.165) is 5.69 Å². The highest BCUT2D eigenvalue weighted by Crippen LogP contribution is 2.27. The van der Waals surface area contributed by atoms with Gasteiger partial charge in [-0.15, -0.1) is 11.3 Å². The molecule has 1 fully saturated rings. The molecule has 1 saturated carbocycles. The first-order chi connectivity index (χ1) is 8.22. The van der Waals surface area contributed by atoms with Gasteiger partial charge >= 0.3 is 0 Å². The van der Waals surface area contributed by atoms with Crippen LogP contribution < -0.4 is 11.1 Å². The van der Waals surface area contributed by atoms with Gasteiger partial charge in [-0.3, -0.25) is 4.79 Å². The van der Waals surface area contributed by atoms with Gasteiger partial charge in [0.15, 0.2) is 0 Å². The fourth-order valence-electron chi connectivity index (χ4n) is 2.48. The van der Waals surface area contributed by atoms with Crippen LogP contribution in [0.1, 0.15) is 41.0 Å². The molecule has 17 heavy (non-hydrogen) atoms. The van der Waals surface area contributed by atoms with Crippen LogP contribution in [0, 0.1) is 12.8 Å². The summed E-state index contributed by atoms with van der Waals surface area (Å²) in [5, 5.41) is 3.06. The zero-order chi connectivity index (χ0) is 12.3. The molecule has 0 aliphatic heterocycles. The summed E-state index contributed by atoms with van der Waals surface area (Å²) in [6.07, 6.45) is 4.89. The second kappa shape index (κ2) is 5.60. The molecule has 1 aliphatic carbocycles. The molecule has 1 unspecified atom stereocenters. The fourth-order valence-corrected chi connectivity index (χ4v) is 3.19. The molecule has 94 valence electrons. The number of nitrogens with zero attached hydrogens (tertiary/aromatic N) is 1. The first-order valence-electron chi connectivity index (χ1n) is 6.13. The molecule has 1 amide bonds. The molecule has 3 N–H and O–H groups in total. The normalized spacial score (nSPS) is 18.2. The van der Waals surface area contributed by atoms with E-state index in [1.54, 1.807) is 5.51 Å². The topological polar surface area (TPSA) is 68.0 Å². The van der Waals surface area contributed by atoms with Crippen molar-refractivity contribution in [3.8, 4) is 0 Å². The molecule has 0 bridgehead atoms. The standard InChI is InChI=1S/C12H19N3OS/c1-8-11(17-7-14-8)12(16)15-10(6-13)9-4-2-3-5-9/h7,9-10H,2-6,13H2,1H3,(H,15,16). The minimum Gasteiger partial charge on any atom is -0.347 e. The van der Waals surface area contributed by atoms with Crippen LogP contribution in [0.15, 0.2) is 5.51 Å². The van der Waals surface area contributed by atoms with Crippen molar-refractivity contribution in [1.82, 2.24) is 10.3 Å². The molecule has 1 heterocycles. The van der Waals surface area contributed by atoms with Gasteiger partial charge in [0.1, 0.15) is 4.88 Å². The maximum atomic E-state index is 12.1. The summed E-state index contributed by atoms with van der Waals surface area (Å²) in [7, 11) is 0. The van der Waals surface area contributed by atoms with Crippen LogP contribution in [-0.2, 0) is 0 Å². The third-order valence-electron chi connectivity index (χ3n) is 3.49. The molecule has 0 saturated heterocycles. The maximum absolute atomic E-state index is 12.1. The number of hydrogen-bond acceptors (Lipinski definition) is 4. The Balaban J connectivity index is 1.99. The number of hydrogen-bond donors (Lipinski definition) is 2. The smallest absolute Gasteiger partial charge is 0.263 e. The molecule has 2 rings (SSSR count). The summed E-state index contributed by atoms with van der Waals surface area (Å²) in [6.45, 7) is 2.38. The first kappa shape index (κ1) is 12.5. The van der Waals surface area contributed by atoms with Crippen molar-refractivity contribution in [3.63, 3.8) is 0 Å². The third kappa shape index (κ3) is 2.84. The molecule has 0 radical (unpaired) electrons. The van der Waals surface area contributed by atoms with E-state index in [2.05, 4.69) is 10.3 Å². The number of rotatable bonds is 4. The van der Waals surface area contributed by atoms with Gasteiger partial charge in [-0.1, -0.05) is 12.8 Å². The largest absolute Gasteiger partial charge is 0.347 e. The van der Waals surface area contributed by atoms with E-state index in [9.17, 15) is 4.79 Å². The molecule has 0 aromatic carbocycles. The second-order valence-electron chi connectivity index (χ2n) is 4.63. The number of aryl methyl sites for hydroxylation is 1. The Morgan fingerprint density at radius 3 is 2.88 bits per heavy atom. The Kier molecular flexibility index (Phi) is 4.12. The van der Waals surface area contributed by atoms with Crippen LogP contribution in [0.4, 0.5) is 0 Å². The SMILES string of the molecule is Cc1ncsc1C(=O)NC(CN)C1CCCC1. The predicted octanol–water partition coefficient (Wildman–Crippen LogP) is 1.70. The van der Waals surface area contributed by atoms with Gasteiger partial charge < -0.3 is 11.1 Å². The number of thiazole rings is 1. The molecule has 1 aromatic rings. The molecule has 1 aliphatic rings. The highest BCUT2D eigenvalue weighted by atomic mass is 32.1. The minimum atomic E-state index is -0.0210. The summed E-state index contributed by atoms with van der Waals surface area (Å²) in [4.78, 5) is 16.9. The van der Waals surface area contributed by atoms with Crippen LogP contribution in [0.3, 0.4) is 0 Å². The molecule has 1 aromatic heterocycles. The van der Waals surface area contributed by atoms with E-state index in [1.807, 2.05) is 6.92 Å². The summed E-state index contributed by atoms with van der Waals surface area (Å²) < 4.78 is 0.